The molecule has 0 amide bonds. The highest BCUT2D eigenvalue weighted by atomic mass is 16.5. The van der Waals surface area contributed by atoms with E-state index in [0.29, 0.717) is 0 Å². The number of anilines is 1. The Kier molecular flexibility index (Phi) is 4.80. The minimum atomic E-state index is 0.161. The Hall–Kier alpha value is -2.87. The number of aryl methyl sites for hydroxylation is 2. The van der Waals surface area contributed by atoms with Gasteiger partial charge in [-0.1, -0.05) is 0 Å². The van der Waals surface area contributed by atoms with Gasteiger partial charge in [0, 0.05) is 31.9 Å². The fourth-order valence-electron chi connectivity index (χ4n) is 3.68. The van der Waals surface area contributed by atoms with Gasteiger partial charge in [0.05, 0.1) is 37.0 Å². The predicted octanol–water partition coefficient (Wildman–Crippen LogP) is 2.60. The first-order valence-corrected chi connectivity index (χ1v) is 9.45. The summed E-state index contributed by atoms with van der Waals surface area (Å²) in [6.45, 7) is 7.69. The van der Waals surface area contributed by atoms with Crippen molar-refractivity contribution in [1.29, 1.82) is 0 Å². The number of ether oxygens (including phenoxy) is 2. The summed E-state index contributed by atoms with van der Waals surface area (Å²) in [5.74, 6) is 2.29. The number of hydrogen-bond acceptors (Lipinski definition) is 6. The second-order valence-corrected chi connectivity index (χ2v) is 7.33. The van der Waals surface area contributed by atoms with Gasteiger partial charge in [-0.05, 0) is 39.0 Å². The van der Waals surface area contributed by atoms with E-state index in [4.69, 9.17) is 14.5 Å². The number of methoxy groups -OCH3 is 1. The standard InChI is InChI=1S/C20H26N6O2/c1-13-9-26(12-21-13)17-7-6-16(8-18(17)27-5)19-22-20(23-24(19)4)25-10-14(2)28-15(3)11-25/h6-9,12,14-15H,10-11H2,1-5H3. The van der Waals surface area contributed by atoms with Gasteiger partial charge in [-0.15, -0.1) is 5.10 Å². The van der Waals surface area contributed by atoms with Crippen molar-refractivity contribution < 1.29 is 9.47 Å². The highest BCUT2D eigenvalue weighted by molar-refractivity contribution is 5.64. The molecule has 0 aliphatic carbocycles. The van der Waals surface area contributed by atoms with Gasteiger partial charge in [0.15, 0.2) is 5.82 Å². The molecule has 0 N–H and O–H groups in total. The summed E-state index contributed by atoms with van der Waals surface area (Å²) in [7, 11) is 3.59. The summed E-state index contributed by atoms with van der Waals surface area (Å²) in [6, 6.07) is 6.04. The van der Waals surface area contributed by atoms with Gasteiger partial charge in [0.2, 0.25) is 5.95 Å². The molecule has 2 atom stereocenters. The molecule has 3 heterocycles. The van der Waals surface area contributed by atoms with Crippen LogP contribution in [0.2, 0.25) is 0 Å². The normalized spacial score (nSPS) is 19.8. The first-order valence-electron chi connectivity index (χ1n) is 9.45. The van der Waals surface area contributed by atoms with E-state index in [-0.39, 0.29) is 12.2 Å². The Morgan fingerprint density at radius 3 is 2.57 bits per heavy atom. The Labute approximate surface area is 164 Å². The molecule has 28 heavy (non-hydrogen) atoms. The van der Waals surface area contributed by atoms with Crippen LogP contribution in [0.3, 0.4) is 0 Å². The van der Waals surface area contributed by atoms with Crippen molar-refractivity contribution in [2.75, 3.05) is 25.1 Å². The van der Waals surface area contributed by atoms with E-state index in [1.807, 2.05) is 47.6 Å². The van der Waals surface area contributed by atoms with Crippen molar-refractivity contribution >= 4 is 5.95 Å². The number of imidazole rings is 1. The maximum absolute atomic E-state index is 5.82. The largest absolute Gasteiger partial charge is 0.495 e. The molecule has 2 unspecified atom stereocenters. The molecular weight excluding hydrogens is 356 g/mol. The summed E-state index contributed by atoms with van der Waals surface area (Å²) in [6.07, 6.45) is 4.08. The summed E-state index contributed by atoms with van der Waals surface area (Å²) in [4.78, 5) is 11.3. The van der Waals surface area contributed by atoms with Crippen LogP contribution < -0.4 is 9.64 Å². The summed E-state index contributed by atoms with van der Waals surface area (Å²) in [5.41, 5.74) is 2.84. The van der Waals surface area contributed by atoms with Gasteiger partial charge in [-0.2, -0.15) is 4.98 Å². The van der Waals surface area contributed by atoms with E-state index >= 15 is 0 Å². The number of aromatic nitrogens is 5. The van der Waals surface area contributed by atoms with Crippen molar-refractivity contribution in [2.45, 2.75) is 33.0 Å². The average molecular weight is 382 g/mol. The monoisotopic (exact) mass is 382 g/mol. The Balaban J connectivity index is 1.67. The molecule has 1 aromatic carbocycles. The van der Waals surface area contributed by atoms with Crippen LogP contribution in [-0.2, 0) is 11.8 Å². The highest BCUT2D eigenvalue weighted by Crippen LogP contribution is 2.30. The van der Waals surface area contributed by atoms with E-state index in [1.165, 1.54) is 0 Å². The van der Waals surface area contributed by atoms with Crippen molar-refractivity contribution in [3.8, 4) is 22.8 Å². The van der Waals surface area contributed by atoms with Gasteiger partial charge in [-0.25, -0.2) is 9.67 Å². The molecule has 0 bridgehead atoms. The van der Waals surface area contributed by atoms with Crippen LogP contribution in [0, 0.1) is 6.92 Å². The molecule has 1 aliphatic heterocycles. The zero-order valence-electron chi connectivity index (χ0n) is 17.0. The molecule has 0 radical (unpaired) electrons. The van der Waals surface area contributed by atoms with Crippen LogP contribution >= 0.6 is 0 Å². The first-order chi connectivity index (χ1) is 13.4. The molecule has 1 aliphatic rings. The van der Waals surface area contributed by atoms with Gasteiger partial charge >= 0.3 is 0 Å². The van der Waals surface area contributed by atoms with E-state index in [0.717, 1.165) is 47.6 Å². The first kappa shape index (κ1) is 18.5. The second kappa shape index (κ2) is 7.27. The van der Waals surface area contributed by atoms with E-state index in [1.54, 1.807) is 13.4 Å². The van der Waals surface area contributed by atoms with Crippen LogP contribution in [-0.4, -0.2) is 56.7 Å². The van der Waals surface area contributed by atoms with Gasteiger partial charge in [-0.3, -0.25) is 0 Å². The molecule has 8 nitrogen and oxygen atoms in total. The lowest BCUT2D eigenvalue weighted by Crippen LogP contribution is -2.46. The van der Waals surface area contributed by atoms with Gasteiger partial charge in [0.25, 0.3) is 0 Å². The molecule has 4 rings (SSSR count). The maximum Gasteiger partial charge on any atom is 0.245 e. The Morgan fingerprint density at radius 2 is 1.93 bits per heavy atom. The average Bonchev–Trinajstić information content (AvgIpc) is 3.26. The lowest BCUT2D eigenvalue weighted by molar-refractivity contribution is -0.00572. The number of benzene rings is 1. The number of morpholine rings is 1. The Bertz CT molecular complexity index is 969. The topological polar surface area (TPSA) is 70.2 Å². The van der Waals surface area contributed by atoms with E-state index in [9.17, 15) is 0 Å². The highest BCUT2D eigenvalue weighted by Gasteiger charge is 2.26. The summed E-state index contributed by atoms with van der Waals surface area (Å²) < 4.78 is 15.2. The molecule has 2 aromatic heterocycles. The molecule has 0 spiro atoms. The smallest absolute Gasteiger partial charge is 0.245 e. The fourth-order valence-corrected chi connectivity index (χ4v) is 3.68. The molecule has 1 saturated heterocycles. The fraction of sp³-hybridized carbons (Fsp3) is 0.450. The lowest BCUT2D eigenvalue weighted by Gasteiger charge is -2.34. The predicted molar refractivity (Wildman–Crippen MR) is 107 cm³/mol. The third-order valence-corrected chi connectivity index (χ3v) is 4.88. The number of rotatable bonds is 4. The van der Waals surface area contributed by atoms with Crippen LogP contribution in [0.4, 0.5) is 5.95 Å². The molecular formula is C20H26N6O2. The second-order valence-electron chi connectivity index (χ2n) is 7.33. The lowest BCUT2D eigenvalue weighted by atomic mass is 10.1. The maximum atomic E-state index is 5.82. The molecule has 8 heteroatoms. The van der Waals surface area contributed by atoms with Crippen LogP contribution in [0.25, 0.3) is 17.1 Å². The van der Waals surface area contributed by atoms with E-state index in [2.05, 4.69) is 28.8 Å². The molecule has 3 aromatic rings. The van der Waals surface area contributed by atoms with Gasteiger partial charge < -0.3 is 18.9 Å². The SMILES string of the molecule is COc1cc(-c2nc(N3CC(C)OC(C)C3)nn2C)ccc1-n1cnc(C)c1. The van der Waals surface area contributed by atoms with Crippen LogP contribution in [0.1, 0.15) is 19.5 Å². The minimum Gasteiger partial charge on any atom is -0.495 e. The quantitative estimate of drug-likeness (QED) is 0.691. The van der Waals surface area contributed by atoms with Crippen LogP contribution in [0.5, 0.6) is 5.75 Å². The van der Waals surface area contributed by atoms with Crippen molar-refractivity contribution in [2.24, 2.45) is 7.05 Å². The van der Waals surface area contributed by atoms with Crippen molar-refractivity contribution in [1.82, 2.24) is 24.3 Å². The third-order valence-electron chi connectivity index (χ3n) is 4.88. The zero-order chi connectivity index (χ0) is 19.8. The molecule has 1 fully saturated rings. The summed E-state index contributed by atoms with van der Waals surface area (Å²) in [5, 5.41) is 4.64. The molecule has 148 valence electrons. The Morgan fingerprint density at radius 1 is 1.18 bits per heavy atom. The number of hydrogen-bond donors (Lipinski definition) is 0. The molecule has 0 saturated carbocycles. The van der Waals surface area contributed by atoms with E-state index < -0.39 is 0 Å². The van der Waals surface area contributed by atoms with Crippen molar-refractivity contribution in [3.63, 3.8) is 0 Å². The minimum absolute atomic E-state index is 0.161. The number of nitrogens with zero attached hydrogens (tertiary/aromatic N) is 6. The van der Waals surface area contributed by atoms with Crippen LogP contribution in [0.15, 0.2) is 30.7 Å². The zero-order valence-corrected chi connectivity index (χ0v) is 17.0. The third kappa shape index (κ3) is 3.47. The van der Waals surface area contributed by atoms with Crippen molar-refractivity contribution in [3.05, 3.63) is 36.4 Å². The van der Waals surface area contributed by atoms with Gasteiger partial charge in [0.1, 0.15) is 5.75 Å². The summed E-state index contributed by atoms with van der Waals surface area (Å²) >= 11 is 0.